The van der Waals surface area contributed by atoms with Crippen LogP contribution in [0.4, 0.5) is 0 Å². The van der Waals surface area contributed by atoms with Crippen molar-refractivity contribution in [3.05, 3.63) is 34.9 Å². The van der Waals surface area contributed by atoms with Crippen molar-refractivity contribution in [3.8, 4) is 0 Å². The molecule has 0 aromatic heterocycles. The van der Waals surface area contributed by atoms with Gasteiger partial charge in [-0.15, -0.1) is 0 Å². The van der Waals surface area contributed by atoms with E-state index in [4.69, 9.17) is 5.73 Å². The minimum atomic E-state index is 0.192. The lowest BCUT2D eigenvalue weighted by molar-refractivity contribution is 0.515. The SMILES string of the molecule is Cc1cccc(C(N)CSC2CCCCC2)c1C. The zero-order valence-electron chi connectivity index (χ0n) is 11.6. The fourth-order valence-electron chi connectivity index (χ4n) is 2.74. The molecule has 1 atom stereocenters. The highest BCUT2D eigenvalue weighted by molar-refractivity contribution is 7.99. The van der Waals surface area contributed by atoms with E-state index < -0.39 is 0 Å². The van der Waals surface area contributed by atoms with Gasteiger partial charge in [0.15, 0.2) is 0 Å². The van der Waals surface area contributed by atoms with Gasteiger partial charge in [0.25, 0.3) is 0 Å². The molecule has 1 fully saturated rings. The highest BCUT2D eigenvalue weighted by atomic mass is 32.2. The number of nitrogens with two attached hydrogens (primary N) is 1. The molecule has 0 saturated heterocycles. The van der Waals surface area contributed by atoms with Gasteiger partial charge in [0, 0.05) is 17.0 Å². The normalized spacial score (nSPS) is 18.8. The van der Waals surface area contributed by atoms with Gasteiger partial charge < -0.3 is 5.73 Å². The Morgan fingerprint density at radius 2 is 1.94 bits per heavy atom. The van der Waals surface area contributed by atoms with Crippen LogP contribution in [0.25, 0.3) is 0 Å². The fourth-order valence-corrected chi connectivity index (χ4v) is 4.06. The third-order valence-corrected chi connectivity index (χ3v) is 5.60. The van der Waals surface area contributed by atoms with E-state index in [-0.39, 0.29) is 6.04 Å². The molecule has 1 aromatic carbocycles. The first-order valence-electron chi connectivity index (χ1n) is 7.12. The smallest absolute Gasteiger partial charge is 0.0389 e. The minimum absolute atomic E-state index is 0.192. The van der Waals surface area contributed by atoms with Gasteiger partial charge in [0.05, 0.1) is 0 Å². The number of aryl methyl sites for hydroxylation is 1. The van der Waals surface area contributed by atoms with Crippen molar-refractivity contribution in [1.82, 2.24) is 0 Å². The maximum Gasteiger partial charge on any atom is 0.0389 e. The molecule has 1 aromatic rings. The third-order valence-electron chi connectivity index (χ3n) is 4.11. The molecule has 0 radical (unpaired) electrons. The van der Waals surface area contributed by atoms with Crippen LogP contribution in [0.15, 0.2) is 18.2 Å². The van der Waals surface area contributed by atoms with Crippen LogP contribution in [0.2, 0.25) is 0 Å². The van der Waals surface area contributed by atoms with E-state index in [1.165, 1.54) is 48.8 Å². The summed E-state index contributed by atoms with van der Waals surface area (Å²) in [7, 11) is 0. The molecule has 0 spiro atoms. The fraction of sp³-hybridized carbons (Fsp3) is 0.625. The van der Waals surface area contributed by atoms with E-state index in [0.29, 0.717) is 0 Å². The first-order chi connectivity index (χ1) is 8.68. The van der Waals surface area contributed by atoms with Gasteiger partial charge in [-0.05, 0) is 43.4 Å². The maximum atomic E-state index is 6.36. The predicted molar refractivity (Wildman–Crippen MR) is 82.2 cm³/mol. The molecule has 2 rings (SSSR count). The molecule has 1 saturated carbocycles. The van der Waals surface area contributed by atoms with Gasteiger partial charge in [-0.25, -0.2) is 0 Å². The van der Waals surface area contributed by atoms with Crippen LogP contribution in [0.5, 0.6) is 0 Å². The average Bonchev–Trinajstić information content (AvgIpc) is 2.40. The van der Waals surface area contributed by atoms with Gasteiger partial charge in [0.2, 0.25) is 0 Å². The Kier molecular flexibility index (Phi) is 5.13. The summed E-state index contributed by atoms with van der Waals surface area (Å²) in [5, 5.41) is 0.856. The van der Waals surface area contributed by atoms with Crippen LogP contribution in [0.1, 0.15) is 54.8 Å². The minimum Gasteiger partial charge on any atom is -0.323 e. The van der Waals surface area contributed by atoms with Crippen molar-refractivity contribution in [2.45, 2.75) is 57.2 Å². The van der Waals surface area contributed by atoms with Crippen LogP contribution < -0.4 is 5.73 Å². The summed E-state index contributed by atoms with van der Waals surface area (Å²) in [5.74, 6) is 1.06. The standard InChI is InChI=1S/C16H25NS/c1-12-7-6-10-15(13(12)2)16(17)11-18-14-8-4-3-5-9-14/h6-7,10,14,16H,3-5,8-9,11,17H2,1-2H3. The summed E-state index contributed by atoms with van der Waals surface area (Å²) >= 11 is 2.09. The Hall–Kier alpha value is -0.470. The van der Waals surface area contributed by atoms with Crippen molar-refractivity contribution in [3.63, 3.8) is 0 Å². The quantitative estimate of drug-likeness (QED) is 0.873. The average molecular weight is 263 g/mol. The van der Waals surface area contributed by atoms with Crippen LogP contribution in [-0.4, -0.2) is 11.0 Å². The lowest BCUT2D eigenvalue weighted by Crippen LogP contribution is -2.18. The molecule has 1 unspecified atom stereocenters. The second-order valence-corrected chi connectivity index (χ2v) is 6.82. The molecule has 2 heteroatoms. The number of thioether (sulfide) groups is 1. The van der Waals surface area contributed by atoms with Gasteiger partial charge >= 0.3 is 0 Å². The Morgan fingerprint density at radius 3 is 2.67 bits per heavy atom. The van der Waals surface area contributed by atoms with Crippen molar-refractivity contribution < 1.29 is 0 Å². The lowest BCUT2D eigenvalue weighted by atomic mass is 9.99. The summed E-state index contributed by atoms with van der Waals surface area (Å²) in [5.41, 5.74) is 10.4. The van der Waals surface area contributed by atoms with E-state index in [9.17, 15) is 0 Å². The highest BCUT2D eigenvalue weighted by Crippen LogP contribution is 2.31. The molecular weight excluding hydrogens is 238 g/mol. The molecule has 1 aliphatic rings. The highest BCUT2D eigenvalue weighted by Gasteiger charge is 2.16. The topological polar surface area (TPSA) is 26.0 Å². The van der Waals surface area contributed by atoms with Crippen molar-refractivity contribution in [2.24, 2.45) is 5.73 Å². The van der Waals surface area contributed by atoms with Crippen LogP contribution in [0.3, 0.4) is 0 Å². The Labute approximate surface area is 116 Å². The first kappa shape index (κ1) is 14.0. The van der Waals surface area contributed by atoms with E-state index >= 15 is 0 Å². The third kappa shape index (κ3) is 3.52. The number of hydrogen-bond donors (Lipinski definition) is 1. The maximum absolute atomic E-state index is 6.36. The van der Waals surface area contributed by atoms with Crippen molar-refractivity contribution >= 4 is 11.8 Å². The molecule has 1 aliphatic carbocycles. The Morgan fingerprint density at radius 1 is 1.22 bits per heavy atom. The van der Waals surface area contributed by atoms with Gasteiger partial charge in [-0.1, -0.05) is 37.5 Å². The molecule has 100 valence electrons. The molecule has 1 nitrogen and oxygen atoms in total. The first-order valence-corrected chi connectivity index (χ1v) is 8.16. The van der Waals surface area contributed by atoms with E-state index in [1.54, 1.807) is 0 Å². The molecule has 18 heavy (non-hydrogen) atoms. The van der Waals surface area contributed by atoms with E-state index in [1.807, 2.05) is 0 Å². The van der Waals surface area contributed by atoms with Crippen LogP contribution in [0, 0.1) is 13.8 Å². The molecule has 0 aliphatic heterocycles. The summed E-state index contributed by atoms with van der Waals surface area (Å²) in [6.07, 6.45) is 7.04. The second-order valence-electron chi connectivity index (χ2n) is 5.49. The summed E-state index contributed by atoms with van der Waals surface area (Å²) in [4.78, 5) is 0. The number of benzene rings is 1. The van der Waals surface area contributed by atoms with E-state index in [0.717, 1.165) is 11.0 Å². The van der Waals surface area contributed by atoms with Crippen molar-refractivity contribution in [2.75, 3.05) is 5.75 Å². The monoisotopic (exact) mass is 263 g/mol. The Balaban J connectivity index is 1.90. The molecule has 0 heterocycles. The summed E-state index contributed by atoms with van der Waals surface area (Å²) in [6, 6.07) is 6.67. The zero-order chi connectivity index (χ0) is 13.0. The number of rotatable bonds is 4. The second kappa shape index (κ2) is 6.63. The lowest BCUT2D eigenvalue weighted by Gasteiger charge is -2.23. The molecular formula is C16H25NS. The van der Waals surface area contributed by atoms with E-state index in [2.05, 4.69) is 43.8 Å². The van der Waals surface area contributed by atoms with Crippen LogP contribution in [-0.2, 0) is 0 Å². The van der Waals surface area contributed by atoms with Gasteiger partial charge in [0.1, 0.15) is 0 Å². The largest absolute Gasteiger partial charge is 0.323 e. The van der Waals surface area contributed by atoms with Gasteiger partial charge in [-0.2, -0.15) is 11.8 Å². The number of hydrogen-bond acceptors (Lipinski definition) is 2. The molecule has 0 bridgehead atoms. The van der Waals surface area contributed by atoms with Crippen LogP contribution >= 0.6 is 11.8 Å². The van der Waals surface area contributed by atoms with Gasteiger partial charge in [-0.3, -0.25) is 0 Å². The Bertz CT molecular complexity index is 383. The zero-order valence-corrected chi connectivity index (χ0v) is 12.4. The predicted octanol–water partition coefficient (Wildman–Crippen LogP) is 4.37. The summed E-state index contributed by atoms with van der Waals surface area (Å²) in [6.45, 7) is 4.36. The molecule has 0 amide bonds. The summed E-state index contributed by atoms with van der Waals surface area (Å²) < 4.78 is 0. The van der Waals surface area contributed by atoms with Crippen molar-refractivity contribution in [1.29, 1.82) is 0 Å². The molecule has 2 N–H and O–H groups in total.